The highest BCUT2D eigenvalue weighted by atomic mass is 16.6. The summed E-state index contributed by atoms with van der Waals surface area (Å²) in [4.78, 5) is 18.2. The molecular weight excluding hydrogens is 320 g/mol. The van der Waals surface area contributed by atoms with Crippen molar-refractivity contribution in [2.75, 3.05) is 13.1 Å². The van der Waals surface area contributed by atoms with E-state index in [4.69, 9.17) is 14.2 Å². The molecule has 0 aromatic carbocycles. The molecule has 0 bridgehead atoms. The monoisotopic (exact) mass is 350 g/mol. The smallest absolute Gasteiger partial charge is 0.410 e. The van der Waals surface area contributed by atoms with Crippen LogP contribution in [0.15, 0.2) is 12.1 Å². The van der Waals surface area contributed by atoms with Crippen LogP contribution in [0.2, 0.25) is 0 Å². The molecule has 0 radical (unpaired) electrons. The molecule has 0 saturated carbocycles. The standard InChI is InChI=1S/C19H30N2O4/c1-13(2)23-17-12-16(11-14(3)20-17)24-15-7-9-21(10-8-15)18(22)25-19(4,5)6/h11-13,15H,7-10H2,1-6H3. The number of aryl methyl sites for hydroxylation is 1. The van der Waals surface area contributed by atoms with Gasteiger partial charge in [0.1, 0.15) is 17.5 Å². The van der Waals surface area contributed by atoms with Gasteiger partial charge in [0.25, 0.3) is 0 Å². The summed E-state index contributed by atoms with van der Waals surface area (Å²) in [6, 6.07) is 3.74. The number of piperidine rings is 1. The molecule has 0 aliphatic carbocycles. The third kappa shape index (κ3) is 6.44. The van der Waals surface area contributed by atoms with Gasteiger partial charge in [0.2, 0.25) is 5.88 Å². The van der Waals surface area contributed by atoms with Crippen LogP contribution < -0.4 is 9.47 Å². The first-order valence-electron chi connectivity index (χ1n) is 8.92. The highest BCUT2D eigenvalue weighted by molar-refractivity contribution is 5.68. The lowest BCUT2D eigenvalue weighted by Crippen LogP contribution is -2.44. The molecule has 0 spiro atoms. The summed E-state index contributed by atoms with van der Waals surface area (Å²) in [6.07, 6.45) is 1.45. The molecule has 1 aromatic heterocycles. The van der Waals surface area contributed by atoms with Gasteiger partial charge in [-0.15, -0.1) is 0 Å². The van der Waals surface area contributed by atoms with E-state index in [0.29, 0.717) is 19.0 Å². The molecule has 0 N–H and O–H groups in total. The molecule has 6 nitrogen and oxygen atoms in total. The fraction of sp³-hybridized carbons (Fsp3) is 0.684. The van der Waals surface area contributed by atoms with Crippen molar-refractivity contribution in [1.29, 1.82) is 0 Å². The molecule has 1 saturated heterocycles. The van der Waals surface area contributed by atoms with E-state index >= 15 is 0 Å². The zero-order chi connectivity index (χ0) is 18.6. The Hall–Kier alpha value is -1.98. The minimum Gasteiger partial charge on any atom is -0.490 e. The van der Waals surface area contributed by atoms with Crippen molar-refractivity contribution in [3.63, 3.8) is 0 Å². The van der Waals surface area contributed by atoms with Gasteiger partial charge in [0, 0.05) is 43.8 Å². The number of carbonyl (C=O) groups is 1. The quantitative estimate of drug-likeness (QED) is 0.823. The summed E-state index contributed by atoms with van der Waals surface area (Å²) in [5.74, 6) is 1.34. The fourth-order valence-corrected chi connectivity index (χ4v) is 2.65. The van der Waals surface area contributed by atoms with Crippen LogP contribution in [0.5, 0.6) is 11.6 Å². The Balaban J connectivity index is 1.90. The molecular formula is C19H30N2O4. The van der Waals surface area contributed by atoms with Gasteiger partial charge >= 0.3 is 6.09 Å². The maximum Gasteiger partial charge on any atom is 0.410 e. The van der Waals surface area contributed by atoms with Crippen LogP contribution in [-0.2, 0) is 4.74 Å². The molecule has 6 heteroatoms. The number of rotatable bonds is 4. The number of amides is 1. The number of ether oxygens (including phenoxy) is 3. The van der Waals surface area contributed by atoms with Gasteiger partial charge in [-0.3, -0.25) is 0 Å². The molecule has 1 amide bonds. The molecule has 0 atom stereocenters. The lowest BCUT2D eigenvalue weighted by Gasteiger charge is -2.33. The van der Waals surface area contributed by atoms with Crippen molar-refractivity contribution < 1.29 is 19.0 Å². The third-order valence-corrected chi connectivity index (χ3v) is 3.66. The van der Waals surface area contributed by atoms with Gasteiger partial charge in [-0.2, -0.15) is 0 Å². The van der Waals surface area contributed by atoms with E-state index in [1.54, 1.807) is 4.90 Å². The fourth-order valence-electron chi connectivity index (χ4n) is 2.65. The Morgan fingerprint density at radius 1 is 1.24 bits per heavy atom. The number of hydrogen-bond donors (Lipinski definition) is 0. The minimum atomic E-state index is -0.466. The summed E-state index contributed by atoms with van der Waals surface area (Å²) in [6.45, 7) is 12.8. The van der Waals surface area contributed by atoms with Gasteiger partial charge < -0.3 is 19.1 Å². The molecule has 1 fully saturated rings. The first kappa shape index (κ1) is 19.3. The van der Waals surface area contributed by atoms with Crippen LogP contribution in [0.25, 0.3) is 0 Å². The van der Waals surface area contributed by atoms with Crippen LogP contribution in [0.3, 0.4) is 0 Å². The van der Waals surface area contributed by atoms with Crippen molar-refractivity contribution >= 4 is 6.09 Å². The van der Waals surface area contributed by atoms with E-state index in [1.165, 1.54) is 0 Å². The molecule has 1 aliphatic rings. The Morgan fingerprint density at radius 2 is 1.88 bits per heavy atom. The predicted octanol–water partition coefficient (Wildman–Crippen LogP) is 3.96. The van der Waals surface area contributed by atoms with E-state index in [-0.39, 0.29) is 18.3 Å². The second-order valence-corrected chi connectivity index (χ2v) is 7.73. The SMILES string of the molecule is Cc1cc(OC2CCN(C(=O)OC(C)(C)C)CC2)cc(OC(C)C)n1. The highest BCUT2D eigenvalue weighted by Gasteiger charge is 2.27. The van der Waals surface area contributed by atoms with E-state index < -0.39 is 5.60 Å². The highest BCUT2D eigenvalue weighted by Crippen LogP contribution is 2.24. The predicted molar refractivity (Wildman–Crippen MR) is 96.2 cm³/mol. The van der Waals surface area contributed by atoms with E-state index in [1.807, 2.05) is 53.7 Å². The summed E-state index contributed by atoms with van der Waals surface area (Å²) < 4.78 is 17.2. The van der Waals surface area contributed by atoms with Crippen molar-refractivity contribution in [3.8, 4) is 11.6 Å². The van der Waals surface area contributed by atoms with Crippen LogP contribution in [0, 0.1) is 6.92 Å². The third-order valence-electron chi connectivity index (χ3n) is 3.66. The second-order valence-electron chi connectivity index (χ2n) is 7.73. The van der Waals surface area contributed by atoms with E-state index in [2.05, 4.69) is 4.98 Å². The minimum absolute atomic E-state index is 0.0687. The number of carbonyl (C=O) groups excluding carboxylic acids is 1. The van der Waals surface area contributed by atoms with Gasteiger partial charge in [-0.05, 0) is 41.5 Å². The second kappa shape index (κ2) is 7.93. The van der Waals surface area contributed by atoms with Crippen molar-refractivity contribution in [2.24, 2.45) is 0 Å². The maximum absolute atomic E-state index is 12.1. The van der Waals surface area contributed by atoms with E-state index in [0.717, 1.165) is 24.3 Å². The average Bonchev–Trinajstić information content (AvgIpc) is 2.44. The topological polar surface area (TPSA) is 60.9 Å². The Labute approximate surface area is 150 Å². The van der Waals surface area contributed by atoms with Crippen LogP contribution in [0.4, 0.5) is 4.79 Å². The molecule has 1 aromatic rings. The number of nitrogens with zero attached hydrogens (tertiary/aromatic N) is 2. The Kier molecular flexibility index (Phi) is 6.14. The normalized spacial score (nSPS) is 16.0. The summed E-state index contributed by atoms with van der Waals surface area (Å²) in [5.41, 5.74) is 0.394. The molecule has 2 rings (SSSR count). The summed E-state index contributed by atoms with van der Waals surface area (Å²) in [7, 11) is 0. The first-order chi connectivity index (χ1) is 11.6. The molecule has 140 valence electrons. The van der Waals surface area contributed by atoms with Crippen molar-refractivity contribution in [2.45, 2.75) is 72.2 Å². The Morgan fingerprint density at radius 3 is 2.44 bits per heavy atom. The first-order valence-corrected chi connectivity index (χ1v) is 8.92. The summed E-state index contributed by atoms with van der Waals surface area (Å²) >= 11 is 0. The van der Waals surface area contributed by atoms with Crippen LogP contribution >= 0.6 is 0 Å². The van der Waals surface area contributed by atoms with Gasteiger partial charge in [-0.25, -0.2) is 9.78 Å². The van der Waals surface area contributed by atoms with Crippen molar-refractivity contribution in [1.82, 2.24) is 9.88 Å². The van der Waals surface area contributed by atoms with E-state index in [9.17, 15) is 4.79 Å². The molecule has 2 heterocycles. The van der Waals surface area contributed by atoms with Crippen LogP contribution in [0.1, 0.15) is 53.2 Å². The molecule has 0 unspecified atom stereocenters. The largest absolute Gasteiger partial charge is 0.490 e. The lowest BCUT2D eigenvalue weighted by atomic mass is 10.1. The number of hydrogen-bond acceptors (Lipinski definition) is 5. The zero-order valence-corrected chi connectivity index (χ0v) is 16.2. The molecule has 25 heavy (non-hydrogen) atoms. The number of aromatic nitrogens is 1. The van der Waals surface area contributed by atoms with Crippen LogP contribution in [-0.4, -0.2) is 46.9 Å². The Bertz CT molecular complexity index is 588. The van der Waals surface area contributed by atoms with Crippen molar-refractivity contribution in [3.05, 3.63) is 17.8 Å². The number of pyridine rings is 1. The zero-order valence-electron chi connectivity index (χ0n) is 16.2. The number of likely N-dealkylation sites (tertiary alicyclic amines) is 1. The van der Waals surface area contributed by atoms with Gasteiger partial charge in [0.05, 0.1) is 6.10 Å². The average molecular weight is 350 g/mol. The maximum atomic E-state index is 12.1. The molecule has 1 aliphatic heterocycles. The van der Waals surface area contributed by atoms with Gasteiger partial charge in [-0.1, -0.05) is 0 Å². The van der Waals surface area contributed by atoms with Gasteiger partial charge in [0.15, 0.2) is 0 Å². The summed E-state index contributed by atoms with van der Waals surface area (Å²) in [5, 5.41) is 0. The lowest BCUT2D eigenvalue weighted by molar-refractivity contribution is 0.0126.